The summed E-state index contributed by atoms with van der Waals surface area (Å²) >= 11 is 9.82. The summed E-state index contributed by atoms with van der Waals surface area (Å²) in [6.45, 7) is 2.06. The quantitative estimate of drug-likeness (QED) is 0.403. The number of benzene rings is 2. The molecule has 1 saturated heterocycles. The maximum absolute atomic E-state index is 6.25. The summed E-state index contributed by atoms with van der Waals surface area (Å²) in [5.74, 6) is 0. The van der Waals surface area contributed by atoms with Crippen LogP contribution < -0.4 is 10.6 Å². The van der Waals surface area contributed by atoms with Crippen molar-refractivity contribution in [2.45, 2.75) is 25.7 Å². The van der Waals surface area contributed by atoms with Crippen molar-refractivity contribution >= 4 is 38.8 Å². The van der Waals surface area contributed by atoms with Crippen molar-refractivity contribution in [1.82, 2.24) is 10.3 Å². The van der Waals surface area contributed by atoms with E-state index in [9.17, 15) is 0 Å². The zero-order valence-electron chi connectivity index (χ0n) is 17.7. The van der Waals surface area contributed by atoms with E-state index < -0.39 is 0 Å². The third-order valence-electron chi connectivity index (χ3n) is 5.76. The van der Waals surface area contributed by atoms with Crippen LogP contribution in [0.15, 0.2) is 70.8 Å². The highest BCUT2D eigenvalue weighted by atomic mass is 79.9. The Balaban J connectivity index is 0.000000245. The Hall–Kier alpha value is -2.14. The van der Waals surface area contributed by atoms with Gasteiger partial charge in [-0.25, -0.2) is 0 Å². The van der Waals surface area contributed by atoms with Crippen LogP contribution in [0.3, 0.4) is 0 Å². The van der Waals surface area contributed by atoms with Gasteiger partial charge in [-0.2, -0.15) is 0 Å². The van der Waals surface area contributed by atoms with E-state index in [2.05, 4.69) is 44.8 Å². The Kier molecular flexibility index (Phi) is 7.44. The molecule has 0 spiro atoms. The number of aromatic nitrogens is 1. The van der Waals surface area contributed by atoms with Crippen molar-refractivity contribution in [2.24, 2.45) is 0 Å². The molecular weight excluding hydrogens is 470 g/mol. The van der Waals surface area contributed by atoms with Gasteiger partial charge < -0.3 is 10.6 Å². The van der Waals surface area contributed by atoms with Crippen molar-refractivity contribution in [3.63, 3.8) is 0 Å². The number of fused-ring (bicyclic) bond motifs is 2. The van der Waals surface area contributed by atoms with Crippen molar-refractivity contribution in [2.75, 3.05) is 25.5 Å². The normalized spacial score (nSPS) is 17.5. The maximum atomic E-state index is 6.25. The van der Waals surface area contributed by atoms with Gasteiger partial charge in [-0.05, 0) is 101 Å². The molecule has 2 aromatic carbocycles. The minimum atomic E-state index is 0.815. The second-order valence-electron chi connectivity index (χ2n) is 7.84. The zero-order chi connectivity index (χ0) is 21.6. The molecule has 0 bridgehead atoms. The van der Waals surface area contributed by atoms with E-state index in [4.69, 9.17) is 16.6 Å². The topological polar surface area (TPSA) is 37.0 Å². The van der Waals surface area contributed by atoms with E-state index in [-0.39, 0.29) is 0 Å². The number of rotatable bonds is 1. The molecule has 160 valence electrons. The van der Waals surface area contributed by atoms with Crippen molar-refractivity contribution < 1.29 is 0 Å². The third kappa shape index (κ3) is 5.38. The SMILES string of the molecule is CNc1ccccc1.Clc1ccc2c(c1)CCc1cc(Br)cnc1/C2=C1/CCCNC1. The molecule has 31 heavy (non-hydrogen) atoms. The Morgan fingerprint density at radius 2 is 1.81 bits per heavy atom. The lowest BCUT2D eigenvalue weighted by atomic mass is 9.90. The number of anilines is 1. The number of nitrogens with zero attached hydrogens (tertiary/aromatic N) is 1. The minimum absolute atomic E-state index is 0.815. The van der Waals surface area contributed by atoms with E-state index in [0.29, 0.717) is 0 Å². The number of nitrogens with one attached hydrogen (secondary N) is 2. The summed E-state index contributed by atoms with van der Waals surface area (Å²) in [5, 5.41) is 7.36. The fourth-order valence-corrected chi connectivity index (χ4v) is 4.81. The predicted octanol–water partition coefficient (Wildman–Crippen LogP) is 6.51. The van der Waals surface area contributed by atoms with Gasteiger partial charge in [0, 0.05) is 40.5 Å². The molecule has 2 N–H and O–H groups in total. The fraction of sp³-hybridized carbons (Fsp3) is 0.269. The van der Waals surface area contributed by atoms with E-state index in [0.717, 1.165) is 53.2 Å². The van der Waals surface area contributed by atoms with Gasteiger partial charge in [0.1, 0.15) is 0 Å². The van der Waals surface area contributed by atoms with Crippen LogP contribution >= 0.6 is 27.5 Å². The van der Waals surface area contributed by atoms with Crippen LogP contribution in [0.1, 0.15) is 35.2 Å². The first-order chi connectivity index (χ1) is 15.2. The van der Waals surface area contributed by atoms with Gasteiger partial charge in [0.25, 0.3) is 0 Å². The molecule has 2 heterocycles. The highest BCUT2D eigenvalue weighted by Crippen LogP contribution is 2.37. The lowest BCUT2D eigenvalue weighted by Gasteiger charge is -2.22. The van der Waals surface area contributed by atoms with Crippen molar-refractivity contribution in [3.05, 3.63) is 98.2 Å². The highest BCUT2D eigenvalue weighted by molar-refractivity contribution is 9.10. The highest BCUT2D eigenvalue weighted by Gasteiger charge is 2.23. The van der Waals surface area contributed by atoms with Gasteiger partial charge in [-0.3, -0.25) is 4.98 Å². The number of aryl methyl sites for hydroxylation is 2. The summed E-state index contributed by atoms with van der Waals surface area (Å²) in [4.78, 5) is 4.79. The van der Waals surface area contributed by atoms with Gasteiger partial charge in [0.15, 0.2) is 0 Å². The largest absolute Gasteiger partial charge is 0.388 e. The van der Waals surface area contributed by atoms with Gasteiger partial charge in [-0.1, -0.05) is 35.9 Å². The first kappa shape index (κ1) is 22.1. The standard InChI is InChI=1S/C19H18BrClN2.C7H9N/c20-15-8-13-4-3-12-9-16(21)5-6-17(12)18(19(13)23-11-15)14-2-1-7-22-10-14;1-8-7-5-3-2-4-6-7/h5-6,8-9,11,22H,1-4,7,10H2;2-6,8H,1H3/b18-14-;. The maximum Gasteiger partial charge on any atom is 0.0741 e. The zero-order valence-corrected chi connectivity index (χ0v) is 20.1. The lowest BCUT2D eigenvalue weighted by molar-refractivity contribution is 0.611. The average molecular weight is 497 g/mol. The van der Waals surface area contributed by atoms with Gasteiger partial charge in [0.2, 0.25) is 0 Å². The van der Waals surface area contributed by atoms with Crippen LogP contribution in [0.25, 0.3) is 5.57 Å². The molecule has 0 unspecified atom stereocenters. The van der Waals surface area contributed by atoms with Crippen molar-refractivity contribution in [1.29, 1.82) is 0 Å². The Bertz CT molecular complexity index is 1020. The molecule has 1 aromatic heterocycles. The van der Waals surface area contributed by atoms with E-state index in [1.807, 2.05) is 49.6 Å². The average Bonchev–Trinajstić information content (AvgIpc) is 2.97. The molecular formula is C26H27BrClN3. The minimum Gasteiger partial charge on any atom is -0.388 e. The van der Waals surface area contributed by atoms with E-state index >= 15 is 0 Å². The number of piperidine rings is 1. The lowest BCUT2D eigenvalue weighted by Crippen LogP contribution is -2.25. The smallest absolute Gasteiger partial charge is 0.0741 e. The first-order valence-corrected chi connectivity index (χ1v) is 11.9. The van der Waals surface area contributed by atoms with Crippen molar-refractivity contribution in [3.8, 4) is 0 Å². The predicted molar refractivity (Wildman–Crippen MR) is 135 cm³/mol. The van der Waals surface area contributed by atoms with Crippen LogP contribution in [0.5, 0.6) is 0 Å². The molecule has 0 radical (unpaired) electrons. The Morgan fingerprint density at radius 3 is 2.52 bits per heavy atom. The Morgan fingerprint density at radius 1 is 1.00 bits per heavy atom. The van der Waals surface area contributed by atoms with Crippen LogP contribution in [-0.4, -0.2) is 25.1 Å². The second kappa shape index (κ2) is 10.4. The van der Waals surface area contributed by atoms with E-state index in [1.54, 1.807) is 0 Å². The molecule has 5 heteroatoms. The Labute approximate surface area is 198 Å². The van der Waals surface area contributed by atoms with Gasteiger partial charge in [-0.15, -0.1) is 0 Å². The molecule has 1 aliphatic carbocycles. The molecule has 3 aromatic rings. The fourth-order valence-electron chi connectivity index (χ4n) is 4.24. The molecule has 5 rings (SSSR count). The molecule has 1 fully saturated rings. The second-order valence-corrected chi connectivity index (χ2v) is 9.19. The molecule has 2 aliphatic rings. The third-order valence-corrected chi connectivity index (χ3v) is 6.43. The van der Waals surface area contributed by atoms with E-state index in [1.165, 1.54) is 34.3 Å². The van der Waals surface area contributed by atoms with Crippen LogP contribution in [0.4, 0.5) is 5.69 Å². The van der Waals surface area contributed by atoms with Gasteiger partial charge >= 0.3 is 0 Å². The molecule has 0 atom stereocenters. The van der Waals surface area contributed by atoms with Crippen LogP contribution in [0, 0.1) is 0 Å². The summed E-state index contributed by atoms with van der Waals surface area (Å²) in [6, 6.07) is 18.6. The summed E-state index contributed by atoms with van der Waals surface area (Å²) < 4.78 is 1.05. The molecule has 3 nitrogen and oxygen atoms in total. The molecule has 0 saturated carbocycles. The number of hydrogen-bond donors (Lipinski definition) is 2. The molecule has 1 aliphatic heterocycles. The first-order valence-electron chi connectivity index (χ1n) is 10.7. The summed E-state index contributed by atoms with van der Waals surface area (Å²) in [6.07, 6.45) is 6.25. The van der Waals surface area contributed by atoms with Crippen LogP contribution in [-0.2, 0) is 12.8 Å². The number of pyridine rings is 1. The number of para-hydroxylation sites is 1. The molecule has 0 amide bonds. The van der Waals surface area contributed by atoms with Gasteiger partial charge in [0.05, 0.1) is 5.69 Å². The number of halogens is 2. The monoisotopic (exact) mass is 495 g/mol. The van der Waals surface area contributed by atoms with Crippen LogP contribution in [0.2, 0.25) is 5.02 Å². The summed E-state index contributed by atoms with van der Waals surface area (Å²) in [7, 11) is 1.91. The summed E-state index contributed by atoms with van der Waals surface area (Å²) in [5.41, 5.74) is 9.06. The number of hydrogen-bond acceptors (Lipinski definition) is 3.